The van der Waals surface area contributed by atoms with Gasteiger partial charge in [-0.05, 0) is 31.3 Å². The molecule has 70 valence electrons. The second-order valence-electron chi connectivity index (χ2n) is 3.46. The zero-order valence-corrected chi connectivity index (χ0v) is 7.70. The van der Waals surface area contributed by atoms with E-state index in [1.807, 2.05) is 12.1 Å². The van der Waals surface area contributed by atoms with Gasteiger partial charge in [-0.15, -0.1) is 0 Å². The van der Waals surface area contributed by atoms with Crippen molar-refractivity contribution in [2.45, 2.75) is 0 Å². The van der Waals surface area contributed by atoms with Crippen LogP contribution in [0, 0.1) is 5.82 Å². The van der Waals surface area contributed by atoms with E-state index in [9.17, 15) is 4.39 Å². The molecule has 1 heterocycles. The Hall–Kier alpha value is -1.09. The lowest BCUT2D eigenvalue weighted by molar-refractivity contribution is 0.421. The van der Waals surface area contributed by atoms with Gasteiger partial charge in [0.15, 0.2) is 0 Å². The maximum atomic E-state index is 12.6. The summed E-state index contributed by atoms with van der Waals surface area (Å²) in [6.45, 7) is 3.05. The van der Waals surface area contributed by atoms with E-state index in [-0.39, 0.29) is 5.82 Å². The van der Waals surface area contributed by atoms with Crippen LogP contribution >= 0.6 is 0 Å². The predicted molar refractivity (Wildman–Crippen MR) is 51.2 cm³/mol. The summed E-state index contributed by atoms with van der Waals surface area (Å²) in [7, 11) is 2.09. The first kappa shape index (κ1) is 8.51. The number of halogens is 1. The largest absolute Gasteiger partial charge is 0.357 e. The SMILES string of the molecule is CN1CCN(c2ccc(F)cc2)C1. The fraction of sp³-hybridized carbons (Fsp3) is 0.400. The summed E-state index contributed by atoms with van der Waals surface area (Å²) in [6.07, 6.45) is 0. The third kappa shape index (κ3) is 1.80. The molecule has 0 N–H and O–H groups in total. The van der Waals surface area contributed by atoms with Crippen LogP contribution in [0.3, 0.4) is 0 Å². The Morgan fingerprint density at radius 1 is 1.15 bits per heavy atom. The lowest BCUT2D eigenvalue weighted by atomic mass is 10.3. The number of hydrogen-bond acceptors (Lipinski definition) is 2. The smallest absolute Gasteiger partial charge is 0.123 e. The van der Waals surface area contributed by atoms with Crippen molar-refractivity contribution in [3.05, 3.63) is 30.1 Å². The molecule has 0 aromatic heterocycles. The Morgan fingerprint density at radius 3 is 2.38 bits per heavy atom. The Bertz CT molecular complexity index is 283. The van der Waals surface area contributed by atoms with Gasteiger partial charge in [-0.1, -0.05) is 0 Å². The molecule has 1 aromatic carbocycles. The third-order valence-corrected chi connectivity index (χ3v) is 2.36. The Labute approximate surface area is 77.6 Å². The minimum atomic E-state index is -0.170. The topological polar surface area (TPSA) is 6.48 Å². The van der Waals surface area contributed by atoms with E-state index >= 15 is 0 Å². The van der Waals surface area contributed by atoms with Crippen LogP contribution in [0.1, 0.15) is 0 Å². The van der Waals surface area contributed by atoms with E-state index in [4.69, 9.17) is 0 Å². The molecule has 1 saturated heterocycles. The molecule has 0 spiro atoms. The highest BCUT2D eigenvalue weighted by Crippen LogP contribution is 2.17. The summed E-state index contributed by atoms with van der Waals surface area (Å²) in [5.41, 5.74) is 1.10. The molecule has 1 fully saturated rings. The van der Waals surface area contributed by atoms with E-state index in [2.05, 4.69) is 16.8 Å². The zero-order valence-electron chi connectivity index (χ0n) is 7.70. The van der Waals surface area contributed by atoms with Gasteiger partial charge < -0.3 is 4.90 Å². The molecule has 0 radical (unpaired) electrons. The van der Waals surface area contributed by atoms with Crippen molar-refractivity contribution in [2.75, 3.05) is 31.7 Å². The van der Waals surface area contributed by atoms with E-state index in [1.54, 1.807) is 0 Å². The lowest BCUT2D eigenvalue weighted by Crippen LogP contribution is -2.22. The van der Waals surface area contributed by atoms with Crippen LogP contribution in [-0.2, 0) is 0 Å². The summed E-state index contributed by atoms with van der Waals surface area (Å²) in [5.74, 6) is -0.170. The van der Waals surface area contributed by atoms with E-state index in [1.165, 1.54) is 12.1 Å². The molecule has 2 nitrogen and oxygen atoms in total. The molecule has 0 aliphatic carbocycles. The Kier molecular flexibility index (Phi) is 2.19. The molecule has 1 aromatic rings. The molecule has 2 rings (SSSR count). The molecule has 0 amide bonds. The predicted octanol–water partition coefficient (Wildman–Crippen LogP) is 1.54. The first-order valence-corrected chi connectivity index (χ1v) is 4.45. The van der Waals surface area contributed by atoms with Crippen molar-refractivity contribution in [3.8, 4) is 0 Å². The van der Waals surface area contributed by atoms with Crippen molar-refractivity contribution in [1.82, 2.24) is 4.90 Å². The molecule has 0 saturated carbocycles. The van der Waals surface area contributed by atoms with Crippen LogP contribution in [0.2, 0.25) is 0 Å². The Morgan fingerprint density at radius 2 is 1.85 bits per heavy atom. The maximum Gasteiger partial charge on any atom is 0.123 e. The number of benzene rings is 1. The fourth-order valence-electron chi connectivity index (χ4n) is 1.59. The van der Waals surface area contributed by atoms with Gasteiger partial charge in [0.05, 0.1) is 6.67 Å². The van der Waals surface area contributed by atoms with Crippen LogP contribution in [-0.4, -0.2) is 31.7 Å². The van der Waals surface area contributed by atoms with Gasteiger partial charge in [0.2, 0.25) is 0 Å². The monoisotopic (exact) mass is 180 g/mol. The van der Waals surface area contributed by atoms with Crippen molar-refractivity contribution in [3.63, 3.8) is 0 Å². The van der Waals surface area contributed by atoms with Crippen molar-refractivity contribution < 1.29 is 4.39 Å². The van der Waals surface area contributed by atoms with Crippen LogP contribution in [0.5, 0.6) is 0 Å². The highest BCUT2D eigenvalue weighted by Gasteiger charge is 2.16. The molecule has 0 atom stereocenters. The highest BCUT2D eigenvalue weighted by molar-refractivity contribution is 5.46. The molecule has 0 bridgehead atoms. The summed E-state index contributed by atoms with van der Waals surface area (Å²) >= 11 is 0. The maximum absolute atomic E-state index is 12.6. The van der Waals surface area contributed by atoms with E-state index in [0.29, 0.717) is 0 Å². The summed E-state index contributed by atoms with van der Waals surface area (Å²) < 4.78 is 12.6. The minimum absolute atomic E-state index is 0.170. The fourth-order valence-corrected chi connectivity index (χ4v) is 1.59. The molecule has 3 heteroatoms. The Balaban J connectivity index is 2.13. The van der Waals surface area contributed by atoms with Crippen LogP contribution in [0.4, 0.5) is 10.1 Å². The standard InChI is InChI=1S/C10H13FN2/c1-12-6-7-13(8-12)10-4-2-9(11)3-5-10/h2-5H,6-8H2,1H3. The first-order chi connectivity index (χ1) is 6.25. The molecule has 13 heavy (non-hydrogen) atoms. The van der Waals surface area contributed by atoms with Gasteiger partial charge in [-0.25, -0.2) is 4.39 Å². The molecular formula is C10H13FN2. The molecule has 1 aliphatic heterocycles. The normalized spacial score (nSPS) is 18.2. The first-order valence-electron chi connectivity index (χ1n) is 4.45. The lowest BCUT2D eigenvalue weighted by Gasteiger charge is -2.17. The van der Waals surface area contributed by atoms with Crippen molar-refractivity contribution in [2.24, 2.45) is 0 Å². The van der Waals surface area contributed by atoms with Gasteiger partial charge in [-0.3, -0.25) is 4.90 Å². The average Bonchev–Trinajstić information content (AvgIpc) is 2.53. The minimum Gasteiger partial charge on any atom is -0.357 e. The zero-order chi connectivity index (χ0) is 9.26. The highest BCUT2D eigenvalue weighted by atomic mass is 19.1. The van der Waals surface area contributed by atoms with Crippen molar-refractivity contribution in [1.29, 1.82) is 0 Å². The van der Waals surface area contributed by atoms with Gasteiger partial charge >= 0.3 is 0 Å². The average molecular weight is 180 g/mol. The number of hydrogen-bond donors (Lipinski definition) is 0. The summed E-state index contributed by atoms with van der Waals surface area (Å²) in [4.78, 5) is 4.47. The van der Waals surface area contributed by atoms with Gasteiger partial charge in [0.1, 0.15) is 5.82 Å². The van der Waals surface area contributed by atoms with Crippen LogP contribution in [0.15, 0.2) is 24.3 Å². The molecular weight excluding hydrogens is 167 g/mol. The number of nitrogens with zero attached hydrogens (tertiary/aromatic N) is 2. The van der Waals surface area contributed by atoms with Crippen LogP contribution in [0.25, 0.3) is 0 Å². The summed E-state index contributed by atoms with van der Waals surface area (Å²) in [6, 6.07) is 6.67. The van der Waals surface area contributed by atoms with E-state index in [0.717, 1.165) is 25.4 Å². The number of rotatable bonds is 1. The van der Waals surface area contributed by atoms with Gasteiger partial charge in [-0.2, -0.15) is 0 Å². The second kappa shape index (κ2) is 3.34. The molecule has 1 aliphatic rings. The third-order valence-electron chi connectivity index (χ3n) is 2.36. The van der Waals surface area contributed by atoms with Gasteiger partial charge in [0.25, 0.3) is 0 Å². The summed E-state index contributed by atoms with van der Waals surface area (Å²) in [5, 5.41) is 0. The van der Waals surface area contributed by atoms with Gasteiger partial charge in [0, 0.05) is 18.8 Å². The number of likely N-dealkylation sites (N-methyl/N-ethyl adjacent to an activating group) is 1. The van der Waals surface area contributed by atoms with Crippen molar-refractivity contribution >= 4 is 5.69 Å². The quantitative estimate of drug-likeness (QED) is 0.646. The second-order valence-corrected chi connectivity index (χ2v) is 3.46. The van der Waals surface area contributed by atoms with Crippen LogP contribution < -0.4 is 4.90 Å². The number of anilines is 1. The molecule has 0 unspecified atom stereocenters. The van der Waals surface area contributed by atoms with E-state index < -0.39 is 0 Å².